The van der Waals surface area contributed by atoms with Crippen LogP contribution >= 0.6 is 0 Å². The first kappa shape index (κ1) is 16.7. The van der Waals surface area contributed by atoms with Gasteiger partial charge in [-0.15, -0.1) is 0 Å². The number of aromatic nitrogens is 2. The quantitative estimate of drug-likeness (QED) is 0.867. The molecule has 1 aromatic carbocycles. The van der Waals surface area contributed by atoms with Crippen molar-refractivity contribution in [2.45, 2.75) is 44.9 Å². The van der Waals surface area contributed by atoms with Crippen LogP contribution in [-0.2, 0) is 14.1 Å². The van der Waals surface area contributed by atoms with Crippen LogP contribution in [0.15, 0.2) is 42.7 Å². The van der Waals surface area contributed by atoms with Gasteiger partial charge in [0.2, 0.25) is 0 Å². The predicted octanol–water partition coefficient (Wildman–Crippen LogP) is 1.86. The summed E-state index contributed by atoms with van der Waals surface area (Å²) in [6, 6.07) is 8.13. The zero-order valence-corrected chi connectivity index (χ0v) is 14.3. The van der Waals surface area contributed by atoms with E-state index in [1.165, 1.54) is 4.68 Å². The van der Waals surface area contributed by atoms with E-state index in [0.29, 0.717) is 11.0 Å². The van der Waals surface area contributed by atoms with Crippen molar-refractivity contribution in [2.24, 2.45) is 0 Å². The van der Waals surface area contributed by atoms with Gasteiger partial charge in [-0.3, -0.25) is 4.68 Å². The number of carboxylic acid groups (broad SMARTS) is 1. The number of nitrogens with zero attached hydrogens (tertiary/aromatic N) is 2. The number of rotatable bonds is 4. The van der Waals surface area contributed by atoms with Crippen molar-refractivity contribution >= 4 is 18.6 Å². The van der Waals surface area contributed by atoms with E-state index in [1.54, 1.807) is 24.5 Å². The van der Waals surface area contributed by atoms with Crippen molar-refractivity contribution in [3.05, 3.63) is 48.3 Å². The fourth-order valence-corrected chi connectivity index (χ4v) is 2.64. The molecule has 6 nitrogen and oxygen atoms in total. The third kappa shape index (κ3) is 2.85. The van der Waals surface area contributed by atoms with Crippen molar-refractivity contribution in [3.63, 3.8) is 0 Å². The molecule has 2 heterocycles. The maximum Gasteiger partial charge on any atom is 0.498 e. The number of benzene rings is 1. The van der Waals surface area contributed by atoms with Crippen LogP contribution in [0.25, 0.3) is 0 Å². The minimum atomic E-state index is -0.968. The standard InChI is InChI=1S/C17H21BN2O4/c1-16(2)17(3,4)24-18(23-16)13-10-19-20(11-13)14(15(21)22)12-8-6-5-7-9-12/h5-11,14H,1-4H3,(H,21,22). The highest BCUT2D eigenvalue weighted by molar-refractivity contribution is 6.62. The molecule has 0 amide bonds. The Morgan fingerprint density at radius 2 is 1.75 bits per heavy atom. The van der Waals surface area contributed by atoms with Crippen LogP contribution in [0.1, 0.15) is 39.3 Å². The molecule has 24 heavy (non-hydrogen) atoms. The van der Waals surface area contributed by atoms with E-state index in [9.17, 15) is 9.90 Å². The molecule has 0 radical (unpaired) electrons. The molecule has 0 aliphatic carbocycles. The van der Waals surface area contributed by atoms with Gasteiger partial charge in [0.05, 0.1) is 11.2 Å². The largest absolute Gasteiger partial charge is 0.498 e. The van der Waals surface area contributed by atoms with Gasteiger partial charge in [-0.25, -0.2) is 4.79 Å². The minimum absolute atomic E-state index is 0.453. The SMILES string of the molecule is CC1(C)OB(c2cnn(C(C(=O)O)c3ccccc3)c2)OC1(C)C. The Labute approximate surface area is 141 Å². The van der Waals surface area contributed by atoms with Gasteiger partial charge < -0.3 is 14.4 Å². The molecular formula is C17H21BN2O4. The fraction of sp³-hybridized carbons (Fsp3) is 0.412. The lowest BCUT2D eigenvalue weighted by molar-refractivity contribution is -0.139. The van der Waals surface area contributed by atoms with E-state index in [-0.39, 0.29) is 0 Å². The van der Waals surface area contributed by atoms with Gasteiger partial charge in [-0.05, 0) is 33.3 Å². The maximum atomic E-state index is 11.7. The Morgan fingerprint density at radius 1 is 1.17 bits per heavy atom. The normalized spacial score (nSPS) is 20.1. The van der Waals surface area contributed by atoms with Crippen LogP contribution in [0.2, 0.25) is 0 Å². The summed E-state index contributed by atoms with van der Waals surface area (Å²) in [5.74, 6) is -0.968. The van der Waals surface area contributed by atoms with E-state index >= 15 is 0 Å². The molecule has 1 aliphatic rings. The average Bonchev–Trinajstić information content (AvgIpc) is 3.03. The molecule has 0 spiro atoms. The molecule has 1 saturated heterocycles. The third-order valence-electron chi connectivity index (χ3n) is 4.76. The van der Waals surface area contributed by atoms with Crippen molar-refractivity contribution < 1.29 is 19.2 Å². The lowest BCUT2D eigenvalue weighted by Crippen LogP contribution is -2.41. The molecule has 1 unspecified atom stereocenters. The van der Waals surface area contributed by atoms with Crippen LogP contribution < -0.4 is 5.46 Å². The molecule has 1 aliphatic heterocycles. The second-order valence-corrected chi connectivity index (χ2v) is 6.99. The van der Waals surface area contributed by atoms with E-state index < -0.39 is 30.3 Å². The Balaban J connectivity index is 1.89. The smallest absolute Gasteiger partial charge is 0.479 e. The Hall–Kier alpha value is -2.12. The zero-order valence-electron chi connectivity index (χ0n) is 14.3. The van der Waals surface area contributed by atoms with E-state index in [4.69, 9.17) is 9.31 Å². The van der Waals surface area contributed by atoms with Crippen molar-refractivity contribution in [1.82, 2.24) is 9.78 Å². The summed E-state index contributed by atoms with van der Waals surface area (Å²) in [5.41, 5.74) is 0.459. The second kappa shape index (κ2) is 5.75. The Kier molecular flexibility index (Phi) is 4.01. The van der Waals surface area contributed by atoms with Gasteiger partial charge in [0.15, 0.2) is 6.04 Å². The monoisotopic (exact) mass is 328 g/mol. The molecule has 1 N–H and O–H groups in total. The summed E-state index contributed by atoms with van der Waals surface area (Å²) in [6.45, 7) is 7.89. The number of carbonyl (C=O) groups is 1. The highest BCUT2D eigenvalue weighted by Crippen LogP contribution is 2.36. The van der Waals surface area contributed by atoms with Gasteiger partial charge in [0, 0.05) is 17.9 Å². The van der Waals surface area contributed by atoms with Crippen LogP contribution in [0.5, 0.6) is 0 Å². The first-order valence-corrected chi connectivity index (χ1v) is 7.89. The molecule has 1 fully saturated rings. The topological polar surface area (TPSA) is 73.6 Å². The van der Waals surface area contributed by atoms with Crippen molar-refractivity contribution in [1.29, 1.82) is 0 Å². The Bertz CT molecular complexity index is 726. The highest BCUT2D eigenvalue weighted by atomic mass is 16.7. The van der Waals surface area contributed by atoms with Gasteiger partial charge >= 0.3 is 13.1 Å². The van der Waals surface area contributed by atoms with E-state index in [1.807, 2.05) is 45.9 Å². The van der Waals surface area contributed by atoms with Gasteiger partial charge in [-0.2, -0.15) is 5.10 Å². The van der Waals surface area contributed by atoms with Crippen LogP contribution in [0, 0.1) is 0 Å². The number of carboxylic acids is 1. The molecule has 126 valence electrons. The summed E-state index contributed by atoms with van der Waals surface area (Å²) in [6.07, 6.45) is 3.27. The molecule has 3 rings (SSSR count). The van der Waals surface area contributed by atoms with Crippen LogP contribution in [0.3, 0.4) is 0 Å². The molecule has 0 bridgehead atoms. The summed E-state index contributed by atoms with van der Waals surface area (Å²) in [4.78, 5) is 11.7. The first-order chi connectivity index (χ1) is 11.2. The molecular weight excluding hydrogens is 307 g/mol. The summed E-state index contributed by atoms with van der Waals surface area (Å²) in [7, 11) is -0.561. The third-order valence-corrected chi connectivity index (χ3v) is 4.76. The molecule has 0 saturated carbocycles. The zero-order chi connectivity index (χ0) is 17.5. The molecule has 7 heteroatoms. The molecule has 1 aromatic heterocycles. The molecule has 2 aromatic rings. The minimum Gasteiger partial charge on any atom is -0.479 e. The average molecular weight is 328 g/mol. The number of hydrogen-bond acceptors (Lipinski definition) is 4. The lowest BCUT2D eigenvalue weighted by atomic mass is 9.82. The van der Waals surface area contributed by atoms with Crippen molar-refractivity contribution in [2.75, 3.05) is 0 Å². The fourth-order valence-electron chi connectivity index (χ4n) is 2.64. The highest BCUT2D eigenvalue weighted by Gasteiger charge is 2.52. The number of hydrogen-bond donors (Lipinski definition) is 1. The summed E-state index contributed by atoms with van der Waals surface area (Å²) in [5, 5.41) is 13.8. The van der Waals surface area contributed by atoms with E-state index in [0.717, 1.165) is 0 Å². The predicted molar refractivity (Wildman–Crippen MR) is 90.2 cm³/mol. The van der Waals surface area contributed by atoms with Crippen molar-refractivity contribution in [3.8, 4) is 0 Å². The second-order valence-electron chi connectivity index (χ2n) is 6.99. The maximum absolute atomic E-state index is 11.7. The van der Waals surface area contributed by atoms with Crippen LogP contribution in [-0.4, -0.2) is 39.2 Å². The Morgan fingerprint density at radius 3 is 2.29 bits per heavy atom. The van der Waals surface area contributed by atoms with Gasteiger partial charge in [0.25, 0.3) is 0 Å². The first-order valence-electron chi connectivity index (χ1n) is 7.89. The van der Waals surface area contributed by atoms with Crippen LogP contribution in [0.4, 0.5) is 0 Å². The summed E-state index contributed by atoms with van der Waals surface area (Å²) < 4.78 is 13.4. The molecule has 1 atom stereocenters. The lowest BCUT2D eigenvalue weighted by Gasteiger charge is -2.32. The van der Waals surface area contributed by atoms with E-state index in [2.05, 4.69) is 5.10 Å². The van der Waals surface area contributed by atoms with Gasteiger partial charge in [0.1, 0.15) is 0 Å². The number of aliphatic carboxylic acids is 1. The summed E-state index contributed by atoms with van der Waals surface area (Å²) >= 11 is 0. The van der Waals surface area contributed by atoms with Gasteiger partial charge in [-0.1, -0.05) is 30.3 Å².